The van der Waals surface area contributed by atoms with Crippen molar-refractivity contribution in [2.75, 3.05) is 23.4 Å². The molecule has 36 heavy (non-hydrogen) atoms. The molecule has 0 unspecified atom stereocenters. The summed E-state index contributed by atoms with van der Waals surface area (Å²) < 4.78 is 18.2. The van der Waals surface area contributed by atoms with E-state index in [0.717, 1.165) is 4.88 Å². The number of rotatable bonds is 9. The first-order valence-corrected chi connectivity index (χ1v) is 12.7. The van der Waals surface area contributed by atoms with E-state index in [9.17, 15) is 18.8 Å². The van der Waals surface area contributed by atoms with Crippen LogP contribution in [-0.2, 0) is 20.7 Å². The Labute approximate surface area is 217 Å². The highest BCUT2D eigenvalue weighted by Crippen LogP contribution is 2.28. The zero-order valence-electron chi connectivity index (χ0n) is 19.5. The van der Waals surface area contributed by atoms with Gasteiger partial charge in [0.25, 0.3) is 5.91 Å². The summed E-state index contributed by atoms with van der Waals surface area (Å²) in [6, 6.07) is 15.0. The van der Waals surface area contributed by atoms with Gasteiger partial charge in [0.2, 0.25) is 5.91 Å². The van der Waals surface area contributed by atoms with Crippen molar-refractivity contribution in [1.29, 1.82) is 0 Å². The van der Waals surface area contributed by atoms with Crippen LogP contribution >= 0.6 is 23.6 Å². The third-order valence-corrected chi connectivity index (χ3v) is 6.99. The summed E-state index contributed by atoms with van der Waals surface area (Å²) in [5, 5.41) is 4.98. The molecule has 2 aromatic carbocycles. The monoisotopic (exact) mass is 525 g/mol. The molecule has 10 heteroatoms. The Balaban J connectivity index is 1.54. The lowest BCUT2D eigenvalue weighted by molar-refractivity contribution is -0.124. The fourth-order valence-corrected chi connectivity index (χ4v) is 5.00. The molecule has 0 saturated carbocycles. The van der Waals surface area contributed by atoms with Crippen LogP contribution in [0.1, 0.15) is 28.6 Å². The molecule has 1 aliphatic heterocycles. The second-order valence-electron chi connectivity index (χ2n) is 8.02. The van der Waals surface area contributed by atoms with Crippen LogP contribution in [0.4, 0.5) is 15.8 Å². The Morgan fingerprint density at radius 1 is 1.11 bits per heavy atom. The molecule has 1 aliphatic rings. The largest absolute Gasteiger partial charge is 0.462 e. The number of hydrogen-bond donors (Lipinski definition) is 1. The van der Waals surface area contributed by atoms with Gasteiger partial charge in [-0.3, -0.25) is 14.5 Å². The van der Waals surface area contributed by atoms with Crippen molar-refractivity contribution < 1.29 is 23.5 Å². The van der Waals surface area contributed by atoms with Gasteiger partial charge >= 0.3 is 5.97 Å². The maximum atomic E-state index is 13.5. The Bertz CT molecular complexity index is 1250. The summed E-state index contributed by atoms with van der Waals surface area (Å²) in [5.41, 5.74) is 1.30. The molecular weight excluding hydrogens is 501 g/mol. The Kier molecular flexibility index (Phi) is 8.07. The number of carbonyl (C=O) groups excluding carboxylic acids is 3. The van der Waals surface area contributed by atoms with Crippen LogP contribution in [0.3, 0.4) is 0 Å². The number of benzene rings is 2. The number of nitrogens with one attached hydrogen (secondary N) is 1. The molecule has 186 valence electrons. The zero-order chi connectivity index (χ0) is 25.7. The first-order chi connectivity index (χ1) is 17.4. The summed E-state index contributed by atoms with van der Waals surface area (Å²) >= 11 is 7.29. The second-order valence-corrected chi connectivity index (χ2v) is 9.42. The number of ether oxygens (including phenoxy) is 1. The van der Waals surface area contributed by atoms with Gasteiger partial charge in [-0.2, -0.15) is 0 Å². The van der Waals surface area contributed by atoms with E-state index in [1.807, 2.05) is 17.5 Å². The fourth-order valence-electron chi connectivity index (χ4n) is 3.89. The summed E-state index contributed by atoms with van der Waals surface area (Å²) in [4.78, 5) is 42.6. The lowest BCUT2D eigenvalue weighted by atomic mass is 10.1. The summed E-state index contributed by atoms with van der Waals surface area (Å²) in [7, 11) is 0. The summed E-state index contributed by atoms with van der Waals surface area (Å²) in [6.07, 6.45) is 0.537. The first-order valence-electron chi connectivity index (χ1n) is 11.4. The minimum Gasteiger partial charge on any atom is -0.462 e. The molecule has 7 nitrogen and oxygen atoms in total. The lowest BCUT2D eigenvalue weighted by Gasteiger charge is -2.23. The molecule has 0 aliphatic carbocycles. The van der Waals surface area contributed by atoms with Gasteiger partial charge in [-0.1, -0.05) is 6.07 Å². The highest BCUT2D eigenvalue weighted by atomic mass is 32.1. The molecule has 0 radical (unpaired) electrons. The smallest absolute Gasteiger partial charge is 0.338 e. The molecular formula is C26H24FN3O4S2. The fraction of sp³-hybridized carbons (Fsp3) is 0.231. The predicted octanol–water partition coefficient (Wildman–Crippen LogP) is 4.64. The van der Waals surface area contributed by atoms with Gasteiger partial charge in [0.1, 0.15) is 11.9 Å². The molecule has 1 fully saturated rings. The van der Waals surface area contributed by atoms with Gasteiger partial charge in [-0.15, -0.1) is 11.3 Å². The number of thiocarbonyl (C=S) groups is 1. The molecule has 2 heterocycles. The van der Waals surface area contributed by atoms with Crippen LogP contribution < -0.4 is 10.2 Å². The van der Waals surface area contributed by atoms with E-state index >= 15 is 0 Å². The normalized spacial score (nSPS) is 15.3. The first kappa shape index (κ1) is 25.5. The number of anilines is 2. The van der Waals surface area contributed by atoms with Crippen molar-refractivity contribution in [1.82, 2.24) is 4.90 Å². The van der Waals surface area contributed by atoms with Crippen LogP contribution in [0.25, 0.3) is 0 Å². The number of carbonyl (C=O) groups is 3. The maximum Gasteiger partial charge on any atom is 0.338 e. The third-order valence-electron chi connectivity index (χ3n) is 5.64. The zero-order valence-corrected chi connectivity index (χ0v) is 21.1. The van der Waals surface area contributed by atoms with Gasteiger partial charge in [0, 0.05) is 17.1 Å². The van der Waals surface area contributed by atoms with Crippen molar-refractivity contribution in [3.8, 4) is 0 Å². The lowest BCUT2D eigenvalue weighted by Crippen LogP contribution is -2.39. The van der Waals surface area contributed by atoms with Crippen LogP contribution in [0.15, 0.2) is 66.0 Å². The number of thiophene rings is 1. The third kappa shape index (κ3) is 5.77. The van der Waals surface area contributed by atoms with Gasteiger partial charge in [0.15, 0.2) is 5.11 Å². The molecule has 4 rings (SSSR count). The maximum absolute atomic E-state index is 13.5. The number of halogens is 1. The molecule has 1 N–H and O–H groups in total. The molecule has 2 amide bonds. The molecule has 0 bridgehead atoms. The molecule has 1 saturated heterocycles. The second kappa shape index (κ2) is 11.4. The summed E-state index contributed by atoms with van der Waals surface area (Å²) in [6.45, 7) is 2.44. The van der Waals surface area contributed by atoms with Crippen LogP contribution in [0.5, 0.6) is 0 Å². The summed E-state index contributed by atoms with van der Waals surface area (Å²) in [5.74, 6) is -1.58. The average Bonchev–Trinajstić information content (AvgIpc) is 3.46. The number of esters is 1. The van der Waals surface area contributed by atoms with Gasteiger partial charge in [-0.05, 0) is 85.5 Å². The number of amides is 2. The van der Waals surface area contributed by atoms with E-state index in [0.29, 0.717) is 35.0 Å². The quantitative estimate of drug-likeness (QED) is 0.324. The Morgan fingerprint density at radius 2 is 1.83 bits per heavy atom. The van der Waals surface area contributed by atoms with E-state index in [-0.39, 0.29) is 24.8 Å². The molecule has 3 aromatic rings. The highest BCUT2D eigenvalue weighted by Gasteiger charge is 2.44. The van der Waals surface area contributed by atoms with E-state index in [1.54, 1.807) is 47.4 Å². The van der Waals surface area contributed by atoms with Gasteiger partial charge < -0.3 is 15.0 Å². The molecule has 0 spiro atoms. The van der Waals surface area contributed by atoms with Crippen molar-refractivity contribution in [2.24, 2.45) is 0 Å². The predicted molar refractivity (Wildman–Crippen MR) is 141 cm³/mol. The van der Waals surface area contributed by atoms with Crippen LogP contribution in [0, 0.1) is 5.82 Å². The van der Waals surface area contributed by atoms with Crippen molar-refractivity contribution >= 4 is 57.8 Å². The van der Waals surface area contributed by atoms with Crippen molar-refractivity contribution in [2.45, 2.75) is 25.8 Å². The van der Waals surface area contributed by atoms with Crippen molar-refractivity contribution in [3.05, 3.63) is 82.3 Å². The van der Waals surface area contributed by atoms with E-state index < -0.39 is 17.8 Å². The van der Waals surface area contributed by atoms with Gasteiger partial charge in [0.05, 0.1) is 24.3 Å². The highest BCUT2D eigenvalue weighted by molar-refractivity contribution is 7.80. The minimum absolute atomic E-state index is 0.127. The van der Waals surface area contributed by atoms with Crippen LogP contribution in [0.2, 0.25) is 0 Å². The van der Waals surface area contributed by atoms with Crippen LogP contribution in [-0.4, -0.2) is 47.0 Å². The standard InChI is InChI=1S/C26H24FN3O4S2/c1-2-34-25(33)17-5-11-20(12-6-17)30-24(32)22(16-23(31)28-19-9-7-18(27)8-10-19)29(26(30)35)14-13-21-4-3-15-36-21/h3-12,15,22H,2,13-14,16H2,1H3,(H,28,31)/t22-/m1/s1. The number of nitrogens with zero attached hydrogens (tertiary/aromatic N) is 2. The SMILES string of the molecule is CCOC(=O)c1ccc(N2C(=O)[C@@H](CC(=O)Nc3ccc(F)cc3)N(CCc3cccs3)C2=S)cc1. The average molecular weight is 526 g/mol. The van der Waals surface area contributed by atoms with E-state index in [4.69, 9.17) is 17.0 Å². The van der Waals surface area contributed by atoms with Crippen molar-refractivity contribution in [3.63, 3.8) is 0 Å². The topological polar surface area (TPSA) is 78.9 Å². The Hall–Kier alpha value is -3.63. The van der Waals surface area contributed by atoms with E-state index in [2.05, 4.69) is 5.32 Å². The molecule has 1 aromatic heterocycles. The van der Waals surface area contributed by atoms with Gasteiger partial charge in [-0.25, -0.2) is 9.18 Å². The Morgan fingerprint density at radius 3 is 2.47 bits per heavy atom. The minimum atomic E-state index is -0.803. The van der Waals surface area contributed by atoms with E-state index in [1.165, 1.54) is 29.2 Å². The number of hydrogen-bond acceptors (Lipinski definition) is 6. The molecule has 1 atom stereocenters.